The minimum absolute atomic E-state index is 0.514. The van der Waals surface area contributed by atoms with Crippen LogP contribution in [-0.2, 0) is 0 Å². The zero-order valence-corrected chi connectivity index (χ0v) is 10.6. The summed E-state index contributed by atoms with van der Waals surface area (Å²) < 4.78 is 0. The molecule has 0 atom stereocenters. The highest BCUT2D eigenvalue weighted by Gasteiger charge is 2.09. The second-order valence-electron chi connectivity index (χ2n) is 3.51. The lowest BCUT2D eigenvalue weighted by Crippen LogP contribution is -2.43. The van der Waals surface area contributed by atoms with Crippen LogP contribution in [0.4, 0.5) is 0 Å². The van der Waals surface area contributed by atoms with E-state index in [-0.39, 0.29) is 0 Å². The van der Waals surface area contributed by atoms with Crippen LogP contribution in [0.15, 0.2) is 4.99 Å². The standard InChI is InChI=1S/C11H20N4S/c1-3-4-13-11(12-2)14-5-6-15-7-9-16-10-8-15/h1H,4-10H2,2H3,(H2,12,13,14). The van der Waals surface area contributed by atoms with E-state index >= 15 is 0 Å². The molecule has 0 aliphatic carbocycles. The van der Waals surface area contributed by atoms with Crippen LogP contribution >= 0.6 is 11.8 Å². The van der Waals surface area contributed by atoms with Gasteiger partial charge in [0.25, 0.3) is 0 Å². The molecule has 1 heterocycles. The monoisotopic (exact) mass is 240 g/mol. The van der Waals surface area contributed by atoms with Crippen molar-refractivity contribution in [2.24, 2.45) is 4.99 Å². The van der Waals surface area contributed by atoms with E-state index in [1.165, 1.54) is 24.6 Å². The number of hydrogen-bond acceptors (Lipinski definition) is 3. The summed E-state index contributed by atoms with van der Waals surface area (Å²) in [6.07, 6.45) is 5.17. The highest BCUT2D eigenvalue weighted by molar-refractivity contribution is 7.99. The van der Waals surface area contributed by atoms with Crippen LogP contribution in [0.25, 0.3) is 0 Å². The summed E-state index contributed by atoms with van der Waals surface area (Å²) in [5, 5.41) is 6.28. The fourth-order valence-electron chi connectivity index (χ4n) is 1.51. The Morgan fingerprint density at radius 3 is 2.81 bits per heavy atom. The van der Waals surface area contributed by atoms with Crippen LogP contribution in [-0.4, -0.2) is 62.1 Å². The van der Waals surface area contributed by atoms with Crippen molar-refractivity contribution in [2.75, 3.05) is 51.3 Å². The van der Waals surface area contributed by atoms with Crippen molar-refractivity contribution in [3.8, 4) is 12.3 Å². The molecule has 1 aliphatic heterocycles. The average Bonchev–Trinajstić information content (AvgIpc) is 2.35. The molecule has 0 radical (unpaired) electrons. The maximum absolute atomic E-state index is 5.17. The number of rotatable bonds is 4. The van der Waals surface area contributed by atoms with E-state index in [9.17, 15) is 0 Å². The number of nitrogens with one attached hydrogen (secondary N) is 2. The third-order valence-electron chi connectivity index (χ3n) is 2.41. The molecule has 5 heteroatoms. The molecule has 0 spiro atoms. The SMILES string of the molecule is C#CCNC(=NC)NCCN1CCSCC1. The van der Waals surface area contributed by atoms with Crippen molar-refractivity contribution in [1.29, 1.82) is 0 Å². The Hall–Kier alpha value is -0.860. The molecule has 0 aromatic heterocycles. The van der Waals surface area contributed by atoms with E-state index in [1.807, 2.05) is 11.8 Å². The maximum atomic E-state index is 5.17. The summed E-state index contributed by atoms with van der Waals surface area (Å²) in [7, 11) is 1.75. The summed E-state index contributed by atoms with van der Waals surface area (Å²) in [5.74, 6) is 5.82. The first kappa shape index (κ1) is 13.2. The van der Waals surface area contributed by atoms with Gasteiger partial charge in [-0.1, -0.05) is 5.92 Å². The van der Waals surface area contributed by atoms with Gasteiger partial charge in [0.05, 0.1) is 6.54 Å². The first-order valence-corrected chi connectivity index (χ1v) is 6.70. The van der Waals surface area contributed by atoms with Crippen LogP contribution in [0, 0.1) is 12.3 Å². The molecule has 1 saturated heterocycles. The molecular weight excluding hydrogens is 220 g/mol. The molecule has 0 amide bonds. The van der Waals surface area contributed by atoms with E-state index in [4.69, 9.17) is 6.42 Å². The molecule has 16 heavy (non-hydrogen) atoms. The van der Waals surface area contributed by atoms with Gasteiger partial charge in [0.15, 0.2) is 5.96 Å². The molecule has 0 aromatic rings. The van der Waals surface area contributed by atoms with E-state index in [2.05, 4.69) is 26.4 Å². The predicted octanol–water partition coefficient (Wildman–Crippen LogP) is -0.167. The fourth-order valence-corrected chi connectivity index (χ4v) is 2.49. The van der Waals surface area contributed by atoms with Gasteiger partial charge in [0.2, 0.25) is 0 Å². The second-order valence-corrected chi connectivity index (χ2v) is 4.74. The van der Waals surface area contributed by atoms with Gasteiger partial charge in [-0.2, -0.15) is 11.8 Å². The van der Waals surface area contributed by atoms with Crippen LogP contribution in [0.3, 0.4) is 0 Å². The van der Waals surface area contributed by atoms with E-state index in [0.717, 1.165) is 19.0 Å². The lowest BCUT2D eigenvalue weighted by Gasteiger charge is -2.26. The van der Waals surface area contributed by atoms with Crippen molar-refractivity contribution in [2.45, 2.75) is 0 Å². The number of nitrogens with zero attached hydrogens (tertiary/aromatic N) is 2. The van der Waals surface area contributed by atoms with E-state index in [0.29, 0.717) is 6.54 Å². The fraction of sp³-hybridized carbons (Fsp3) is 0.727. The number of terminal acetylenes is 1. The van der Waals surface area contributed by atoms with Crippen molar-refractivity contribution in [3.05, 3.63) is 0 Å². The molecule has 0 aromatic carbocycles. The molecule has 1 rings (SSSR count). The number of aliphatic imine (C=N–C) groups is 1. The van der Waals surface area contributed by atoms with Crippen molar-refractivity contribution in [3.63, 3.8) is 0 Å². The largest absolute Gasteiger partial charge is 0.355 e. The highest BCUT2D eigenvalue weighted by Crippen LogP contribution is 2.07. The highest BCUT2D eigenvalue weighted by atomic mass is 32.2. The molecule has 90 valence electrons. The van der Waals surface area contributed by atoms with E-state index in [1.54, 1.807) is 7.05 Å². The summed E-state index contributed by atoms with van der Waals surface area (Å²) in [6.45, 7) is 4.89. The van der Waals surface area contributed by atoms with Crippen molar-refractivity contribution in [1.82, 2.24) is 15.5 Å². The Balaban J connectivity index is 2.10. The van der Waals surface area contributed by atoms with Crippen molar-refractivity contribution >= 4 is 17.7 Å². The molecule has 0 unspecified atom stereocenters. The Kier molecular flexibility index (Phi) is 6.86. The number of hydrogen-bond donors (Lipinski definition) is 2. The third kappa shape index (κ3) is 5.29. The summed E-state index contributed by atoms with van der Waals surface area (Å²) in [5.41, 5.74) is 0. The van der Waals surface area contributed by atoms with Gasteiger partial charge in [-0.15, -0.1) is 6.42 Å². The first-order valence-electron chi connectivity index (χ1n) is 5.55. The minimum Gasteiger partial charge on any atom is -0.355 e. The van der Waals surface area contributed by atoms with Crippen molar-refractivity contribution < 1.29 is 0 Å². The summed E-state index contributed by atoms with van der Waals surface area (Å²) in [6, 6.07) is 0. The summed E-state index contributed by atoms with van der Waals surface area (Å²) >= 11 is 2.03. The second kappa shape index (κ2) is 8.31. The van der Waals surface area contributed by atoms with Gasteiger partial charge in [-0.25, -0.2) is 0 Å². The molecule has 0 bridgehead atoms. The summed E-state index contributed by atoms with van der Waals surface area (Å²) in [4.78, 5) is 6.55. The molecule has 0 saturated carbocycles. The van der Waals surface area contributed by atoms with Crippen LogP contribution < -0.4 is 10.6 Å². The first-order chi connectivity index (χ1) is 7.86. The third-order valence-corrected chi connectivity index (χ3v) is 3.35. The smallest absolute Gasteiger partial charge is 0.191 e. The average molecular weight is 240 g/mol. The molecule has 2 N–H and O–H groups in total. The van der Waals surface area contributed by atoms with Crippen LogP contribution in [0.1, 0.15) is 0 Å². The predicted molar refractivity (Wildman–Crippen MR) is 72.0 cm³/mol. The van der Waals surface area contributed by atoms with Gasteiger partial charge >= 0.3 is 0 Å². The quantitative estimate of drug-likeness (QED) is 0.407. The van der Waals surface area contributed by atoms with Crippen LogP contribution in [0.5, 0.6) is 0 Å². The lowest BCUT2D eigenvalue weighted by atomic mass is 10.4. The number of thioether (sulfide) groups is 1. The molecular formula is C11H20N4S. The van der Waals surface area contributed by atoms with Gasteiger partial charge in [0, 0.05) is 44.7 Å². The Bertz CT molecular complexity index is 253. The molecule has 1 aliphatic rings. The van der Waals surface area contributed by atoms with Gasteiger partial charge < -0.3 is 10.6 Å². The molecule has 1 fully saturated rings. The maximum Gasteiger partial charge on any atom is 0.191 e. The van der Waals surface area contributed by atoms with Gasteiger partial charge in [0.1, 0.15) is 0 Å². The minimum atomic E-state index is 0.514. The zero-order chi connectivity index (χ0) is 11.6. The Morgan fingerprint density at radius 1 is 1.44 bits per heavy atom. The molecule has 4 nitrogen and oxygen atoms in total. The normalized spacial score (nSPS) is 17.9. The Labute approximate surface area is 102 Å². The Morgan fingerprint density at radius 2 is 2.19 bits per heavy atom. The lowest BCUT2D eigenvalue weighted by molar-refractivity contribution is 0.307. The number of guanidine groups is 1. The van der Waals surface area contributed by atoms with Gasteiger partial charge in [-0.3, -0.25) is 9.89 Å². The van der Waals surface area contributed by atoms with E-state index < -0.39 is 0 Å². The van der Waals surface area contributed by atoms with Gasteiger partial charge in [-0.05, 0) is 0 Å². The van der Waals surface area contributed by atoms with Crippen LogP contribution in [0.2, 0.25) is 0 Å². The topological polar surface area (TPSA) is 39.7 Å². The zero-order valence-electron chi connectivity index (χ0n) is 9.83.